The minimum Gasteiger partial charge on any atom is -0.343 e. The fraction of sp³-hybridized carbons (Fsp3) is 0.273. The minimum absolute atomic E-state index is 0.0243. The van der Waals surface area contributed by atoms with Gasteiger partial charge in [0.15, 0.2) is 5.82 Å². The van der Waals surface area contributed by atoms with Crippen LogP contribution in [0.3, 0.4) is 0 Å². The molecule has 108 valence electrons. The molecular formula is C11H13BrN4O3S. The second-order valence-electron chi connectivity index (χ2n) is 3.97. The van der Waals surface area contributed by atoms with E-state index in [9.17, 15) is 8.42 Å². The van der Waals surface area contributed by atoms with E-state index in [0.29, 0.717) is 11.0 Å². The molecule has 7 nitrogen and oxygen atoms in total. The van der Waals surface area contributed by atoms with Crippen LogP contribution >= 0.6 is 15.9 Å². The Morgan fingerprint density at radius 1 is 1.35 bits per heavy atom. The summed E-state index contributed by atoms with van der Waals surface area (Å²) in [5, 5.41) is 6.54. The van der Waals surface area contributed by atoms with E-state index in [-0.39, 0.29) is 17.3 Å². The van der Waals surface area contributed by atoms with Gasteiger partial charge in [0.25, 0.3) is 0 Å². The maximum absolute atomic E-state index is 12.2. The molecule has 2 rings (SSSR count). The van der Waals surface area contributed by atoms with E-state index >= 15 is 0 Å². The molecule has 0 fully saturated rings. The van der Waals surface area contributed by atoms with Crippen molar-refractivity contribution in [1.82, 2.24) is 20.2 Å². The molecule has 20 heavy (non-hydrogen) atoms. The molecule has 9 heteroatoms. The van der Waals surface area contributed by atoms with Gasteiger partial charge < -0.3 is 9.84 Å². The third-order valence-corrected chi connectivity index (χ3v) is 4.87. The fourth-order valence-electron chi connectivity index (χ4n) is 1.58. The summed E-state index contributed by atoms with van der Waals surface area (Å²) < 4.78 is 31.8. The molecule has 2 N–H and O–H groups in total. The number of halogens is 1. The standard InChI is InChI=1S/C11H13BrN4O3S/c1-13-5-8-2-3-10(9(12)4-8)20(17,18)15-6-11-14-7-19-16-11/h2-4,7,13,15H,5-6H2,1H3. The topological polar surface area (TPSA) is 97.1 Å². The number of aromatic nitrogens is 2. The van der Waals surface area contributed by atoms with Crippen molar-refractivity contribution in [1.29, 1.82) is 0 Å². The first kappa shape index (κ1) is 15.1. The van der Waals surface area contributed by atoms with Crippen LogP contribution in [-0.2, 0) is 23.1 Å². The smallest absolute Gasteiger partial charge is 0.242 e. The van der Waals surface area contributed by atoms with Crippen LogP contribution in [0.4, 0.5) is 0 Å². The number of sulfonamides is 1. The molecule has 1 aromatic carbocycles. The van der Waals surface area contributed by atoms with Gasteiger partial charge in [-0.1, -0.05) is 11.2 Å². The average Bonchev–Trinajstić information content (AvgIpc) is 2.90. The maximum Gasteiger partial charge on any atom is 0.242 e. The molecule has 0 atom stereocenters. The third-order valence-electron chi connectivity index (χ3n) is 2.49. The summed E-state index contributed by atoms with van der Waals surface area (Å²) in [6.45, 7) is 0.638. The van der Waals surface area contributed by atoms with E-state index in [0.717, 1.165) is 12.0 Å². The highest BCUT2D eigenvalue weighted by Crippen LogP contribution is 2.23. The van der Waals surface area contributed by atoms with Gasteiger partial charge in [0.1, 0.15) is 0 Å². The molecule has 0 radical (unpaired) electrons. The van der Waals surface area contributed by atoms with Crippen LogP contribution < -0.4 is 10.0 Å². The van der Waals surface area contributed by atoms with Gasteiger partial charge in [-0.25, -0.2) is 13.1 Å². The van der Waals surface area contributed by atoms with Crippen molar-refractivity contribution in [2.24, 2.45) is 0 Å². The van der Waals surface area contributed by atoms with Crippen molar-refractivity contribution in [3.05, 3.63) is 40.5 Å². The molecule has 2 aromatic rings. The molecule has 0 saturated carbocycles. The van der Waals surface area contributed by atoms with Crippen molar-refractivity contribution in [2.75, 3.05) is 7.05 Å². The Morgan fingerprint density at radius 2 is 2.15 bits per heavy atom. The molecule has 0 aliphatic heterocycles. The molecule has 1 aromatic heterocycles. The zero-order chi connectivity index (χ0) is 14.6. The normalized spacial score (nSPS) is 11.7. The van der Waals surface area contributed by atoms with E-state index in [4.69, 9.17) is 0 Å². The third kappa shape index (κ3) is 3.63. The molecule has 0 amide bonds. The zero-order valence-electron chi connectivity index (χ0n) is 10.6. The van der Waals surface area contributed by atoms with Crippen LogP contribution in [0.25, 0.3) is 0 Å². The SMILES string of the molecule is CNCc1ccc(S(=O)(=O)NCc2ncon2)c(Br)c1. The van der Waals surface area contributed by atoms with Gasteiger partial charge in [0.05, 0.1) is 11.4 Å². The van der Waals surface area contributed by atoms with Gasteiger partial charge in [-0.15, -0.1) is 0 Å². The summed E-state index contributed by atoms with van der Waals surface area (Å²) in [5.41, 5.74) is 0.983. The van der Waals surface area contributed by atoms with Crippen molar-refractivity contribution in [3.8, 4) is 0 Å². The van der Waals surface area contributed by atoms with Crippen LogP contribution in [0.2, 0.25) is 0 Å². The van der Waals surface area contributed by atoms with Crippen molar-refractivity contribution >= 4 is 26.0 Å². The molecule has 0 aliphatic rings. The Bertz CT molecular complexity index is 673. The van der Waals surface area contributed by atoms with Crippen molar-refractivity contribution < 1.29 is 12.9 Å². The minimum atomic E-state index is -3.64. The second kappa shape index (κ2) is 6.44. The highest BCUT2D eigenvalue weighted by molar-refractivity contribution is 9.10. The highest BCUT2D eigenvalue weighted by atomic mass is 79.9. The molecule has 0 saturated heterocycles. The molecule has 0 unspecified atom stereocenters. The van der Waals surface area contributed by atoms with Gasteiger partial charge in [-0.2, -0.15) is 4.98 Å². The lowest BCUT2D eigenvalue weighted by atomic mass is 10.2. The van der Waals surface area contributed by atoms with Gasteiger partial charge in [0, 0.05) is 11.0 Å². The fourth-order valence-corrected chi connectivity index (χ4v) is 3.69. The quantitative estimate of drug-likeness (QED) is 0.798. The van der Waals surface area contributed by atoms with Crippen LogP contribution in [0.1, 0.15) is 11.4 Å². The number of nitrogens with one attached hydrogen (secondary N) is 2. The van der Waals surface area contributed by atoms with Gasteiger partial charge in [-0.05, 0) is 40.7 Å². The molecule has 0 spiro atoms. The van der Waals surface area contributed by atoms with E-state index in [1.165, 1.54) is 0 Å². The summed E-state index contributed by atoms with van der Waals surface area (Å²) >= 11 is 3.27. The van der Waals surface area contributed by atoms with Crippen LogP contribution in [-0.4, -0.2) is 25.6 Å². The number of hydrogen-bond donors (Lipinski definition) is 2. The molecule has 0 aliphatic carbocycles. The zero-order valence-corrected chi connectivity index (χ0v) is 13.0. The Labute approximate surface area is 124 Å². The van der Waals surface area contributed by atoms with E-state index in [2.05, 4.69) is 40.6 Å². The average molecular weight is 361 g/mol. The summed E-state index contributed by atoms with van der Waals surface area (Å²) in [6.07, 6.45) is 1.14. The highest BCUT2D eigenvalue weighted by Gasteiger charge is 2.18. The first-order chi connectivity index (χ1) is 9.53. The first-order valence-electron chi connectivity index (χ1n) is 5.71. The predicted molar refractivity (Wildman–Crippen MR) is 75.2 cm³/mol. The van der Waals surface area contributed by atoms with Gasteiger partial charge in [0.2, 0.25) is 16.4 Å². The second-order valence-corrected chi connectivity index (χ2v) is 6.56. The maximum atomic E-state index is 12.2. The predicted octanol–water partition coefficient (Wildman–Crippen LogP) is 1.03. The van der Waals surface area contributed by atoms with Crippen molar-refractivity contribution in [3.63, 3.8) is 0 Å². The van der Waals surface area contributed by atoms with Crippen LogP contribution in [0.15, 0.2) is 38.5 Å². The van der Waals surface area contributed by atoms with Crippen molar-refractivity contribution in [2.45, 2.75) is 18.0 Å². The van der Waals surface area contributed by atoms with E-state index < -0.39 is 10.0 Å². The van der Waals surface area contributed by atoms with Crippen LogP contribution in [0, 0.1) is 0 Å². The number of nitrogens with zero attached hydrogens (tertiary/aromatic N) is 2. The van der Waals surface area contributed by atoms with E-state index in [1.807, 2.05) is 7.05 Å². The summed E-state index contributed by atoms with van der Waals surface area (Å²) in [5.74, 6) is 0.275. The molecule has 0 bridgehead atoms. The van der Waals surface area contributed by atoms with Crippen LogP contribution in [0.5, 0.6) is 0 Å². The summed E-state index contributed by atoms with van der Waals surface area (Å²) in [6, 6.07) is 5.07. The largest absolute Gasteiger partial charge is 0.343 e. The Morgan fingerprint density at radius 3 is 2.75 bits per heavy atom. The number of hydrogen-bond acceptors (Lipinski definition) is 6. The summed E-state index contributed by atoms with van der Waals surface area (Å²) in [7, 11) is -1.81. The summed E-state index contributed by atoms with van der Waals surface area (Å²) in [4.78, 5) is 3.92. The van der Waals surface area contributed by atoms with Gasteiger partial charge >= 0.3 is 0 Å². The van der Waals surface area contributed by atoms with Gasteiger partial charge in [-0.3, -0.25) is 0 Å². The first-order valence-corrected chi connectivity index (χ1v) is 7.98. The molecular weight excluding hydrogens is 348 g/mol. The Balaban J connectivity index is 2.16. The number of rotatable bonds is 6. The lowest BCUT2D eigenvalue weighted by molar-refractivity contribution is 0.409. The Hall–Kier alpha value is -1.29. The Kier molecular flexibility index (Phi) is 4.86. The molecule has 1 heterocycles. The monoisotopic (exact) mass is 360 g/mol. The number of benzene rings is 1. The lowest BCUT2D eigenvalue weighted by Gasteiger charge is -2.09. The van der Waals surface area contributed by atoms with E-state index in [1.54, 1.807) is 18.2 Å². The lowest BCUT2D eigenvalue weighted by Crippen LogP contribution is -2.24.